The van der Waals surface area contributed by atoms with Crippen molar-refractivity contribution < 1.29 is 20.1 Å². The van der Waals surface area contributed by atoms with E-state index in [4.69, 9.17) is 10.5 Å². The van der Waals surface area contributed by atoms with Crippen molar-refractivity contribution in [2.24, 2.45) is 5.92 Å². The Kier molecular flexibility index (Phi) is 4.15. The van der Waals surface area contributed by atoms with Crippen molar-refractivity contribution >= 4 is 17.0 Å². The third-order valence-corrected chi connectivity index (χ3v) is 3.88. The fraction of sp³-hybridized carbons (Fsp3) is 0.533. The first-order valence-electron chi connectivity index (χ1n) is 7.52. The van der Waals surface area contributed by atoms with Crippen LogP contribution in [0.4, 0.5) is 5.82 Å². The highest BCUT2D eigenvalue weighted by Gasteiger charge is 2.55. The van der Waals surface area contributed by atoms with E-state index in [0.29, 0.717) is 11.2 Å². The topological polar surface area (TPSA) is 140 Å². The van der Waals surface area contributed by atoms with Crippen molar-refractivity contribution in [2.75, 3.05) is 12.3 Å². The molecule has 4 atom stereocenters. The highest BCUT2D eigenvalue weighted by atomic mass is 16.6. The number of aliphatic hydroxyl groups is 3. The lowest BCUT2D eigenvalue weighted by Crippen LogP contribution is -2.44. The lowest BCUT2D eigenvalue weighted by molar-refractivity contribution is -0.103. The van der Waals surface area contributed by atoms with Crippen molar-refractivity contribution in [1.29, 1.82) is 0 Å². The smallest absolute Gasteiger partial charge is 0.241 e. The summed E-state index contributed by atoms with van der Waals surface area (Å²) in [5.74, 6) is 6.00. The Morgan fingerprint density at radius 1 is 1.38 bits per heavy atom. The third kappa shape index (κ3) is 2.40. The van der Waals surface area contributed by atoms with Crippen molar-refractivity contribution in [3.8, 4) is 11.8 Å². The number of aliphatic hydroxyl groups excluding tert-OH is 3. The van der Waals surface area contributed by atoms with Gasteiger partial charge in [-0.15, -0.1) is 0 Å². The number of nitrogen functional groups attached to an aromatic ring is 1. The lowest BCUT2D eigenvalue weighted by atomic mass is 10.0. The molecule has 0 unspecified atom stereocenters. The molecule has 1 fully saturated rings. The van der Waals surface area contributed by atoms with Gasteiger partial charge in [-0.3, -0.25) is 4.57 Å². The Balaban J connectivity index is 2.23. The molecule has 1 aliphatic heterocycles. The van der Waals surface area contributed by atoms with E-state index >= 15 is 0 Å². The molecule has 0 aliphatic carbocycles. The molecule has 5 N–H and O–H groups in total. The fourth-order valence-corrected chi connectivity index (χ4v) is 2.66. The Morgan fingerprint density at radius 2 is 2.12 bits per heavy atom. The van der Waals surface area contributed by atoms with Crippen LogP contribution in [0.25, 0.3) is 11.2 Å². The Hall–Kier alpha value is -2.25. The van der Waals surface area contributed by atoms with Gasteiger partial charge >= 0.3 is 0 Å². The molecule has 24 heavy (non-hydrogen) atoms. The van der Waals surface area contributed by atoms with Crippen LogP contribution in [0.15, 0.2) is 12.7 Å². The fourth-order valence-electron chi connectivity index (χ4n) is 2.66. The molecule has 0 saturated carbocycles. The van der Waals surface area contributed by atoms with Crippen molar-refractivity contribution in [3.05, 3.63) is 12.7 Å². The van der Waals surface area contributed by atoms with Crippen molar-refractivity contribution in [3.63, 3.8) is 0 Å². The molecule has 3 heterocycles. The summed E-state index contributed by atoms with van der Waals surface area (Å²) >= 11 is 0. The number of rotatable bonds is 2. The van der Waals surface area contributed by atoms with E-state index in [9.17, 15) is 15.3 Å². The van der Waals surface area contributed by atoms with Crippen LogP contribution >= 0.6 is 0 Å². The first-order chi connectivity index (χ1) is 11.4. The van der Waals surface area contributed by atoms with Gasteiger partial charge in [0.05, 0.1) is 6.61 Å². The first kappa shape index (κ1) is 16.6. The van der Waals surface area contributed by atoms with Gasteiger partial charge in [0.15, 0.2) is 11.5 Å². The Labute approximate surface area is 138 Å². The minimum absolute atomic E-state index is 0.00234. The molecule has 1 saturated heterocycles. The molecule has 0 radical (unpaired) electrons. The van der Waals surface area contributed by atoms with E-state index in [2.05, 4.69) is 26.8 Å². The second-order valence-corrected chi connectivity index (χ2v) is 5.94. The van der Waals surface area contributed by atoms with Gasteiger partial charge in [-0.1, -0.05) is 19.8 Å². The predicted octanol–water partition coefficient (Wildman–Crippen LogP) is -1.17. The van der Waals surface area contributed by atoms with Gasteiger partial charge in [-0.2, -0.15) is 0 Å². The zero-order valence-electron chi connectivity index (χ0n) is 13.3. The van der Waals surface area contributed by atoms with Crippen LogP contribution in [0.2, 0.25) is 0 Å². The van der Waals surface area contributed by atoms with E-state index in [1.165, 1.54) is 17.2 Å². The quantitative estimate of drug-likeness (QED) is 0.504. The second-order valence-electron chi connectivity index (χ2n) is 5.94. The summed E-state index contributed by atoms with van der Waals surface area (Å²) in [6, 6.07) is 0. The maximum atomic E-state index is 10.6. The second kappa shape index (κ2) is 5.99. The Morgan fingerprint density at radius 3 is 2.75 bits per heavy atom. The Bertz CT molecular complexity index is 811. The number of hydrogen-bond acceptors (Lipinski definition) is 8. The molecule has 1 aliphatic rings. The first-order valence-corrected chi connectivity index (χ1v) is 7.52. The molecule has 128 valence electrons. The standard InChI is InChI=1S/C15H19N5O4/c1-8(2)3-4-15(12(23)11(22)9(5-21)24-15)20-7-19-10-13(16)17-6-18-14(10)20/h6-9,11-12,21-23H,5H2,1-2H3,(H2,16,17,18)/t9-,11-,12-,15-/m1/s1. The van der Waals surface area contributed by atoms with Gasteiger partial charge in [0.1, 0.15) is 36.5 Å². The van der Waals surface area contributed by atoms with Crippen LogP contribution in [0, 0.1) is 17.8 Å². The largest absolute Gasteiger partial charge is 0.394 e. The molecule has 0 spiro atoms. The summed E-state index contributed by atoms with van der Waals surface area (Å²) in [5, 5.41) is 30.2. The van der Waals surface area contributed by atoms with Crippen LogP contribution in [0.3, 0.4) is 0 Å². The molecule has 0 bridgehead atoms. The van der Waals surface area contributed by atoms with Crippen molar-refractivity contribution in [2.45, 2.75) is 37.9 Å². The number of nitrogens with two attached hydrogens (primary N) is 1. The molecule has 0 amide bonds. The molecule has 9 nitrogen and oxygen atoms in total. The normalized spacial score (nSPS) is 29.8. The number of aromatic nitrogens is 4. The molecule has 2 aromatic heterocycles. The number of fused-ring (bicyclic) bond motifs is 1. The molecular weight excluding hydrogens is 314 g/mol. The van der Waals surface area contributed by atoms with Crippen LogP contribution in [0.1, 0.15) is 13.8 Å². The van der Waals surface area contributed by atoms with E-state index in [1.54, 1.807) is 0 Å². The predicted molar refractivity (Wildman–Crippen MR) is 84.3 cm³/mol. The summed E-state index contributed by atoms with van der Waals surface area (Å²) in [4.78, 5) is 12.2. The zero-order valence-corrected chi connectivity index (χ0v) is 13.3. The van der Waals surface area contributed by atoms with Gasteiger partial charge in [-0.25, -0.2) is 15.0 Å². The summed E-state index contributed by atoms with van der Waals surface area (Å²) in [6.07, 6.45) is -1.07. The number of ether oxygens (including phenoxy) is 1. The molecule has 9 heteroatoms. The molecular formula is C15H19N5O4. The summed E-state index contributed by atoms with van der Waals surface area (Å²) in [6.45, 7) is 3.30. The van der Waals surface area contributed by atoms with Crippen LogP contribution < -0.4 is 5.73 Å². The average Bonchev–Trinajstić information content (AvgIpc) is 3.09. The highest BCUT2D eigenvalue weighted by Crippen LogP contribution is 2.37. The van der Waals surface area contributed by atoms with E-state index < -0.39 is 30.6 Å². The maximum Gasteiger partial charge on any atom is 0.241 e. The SMILES string of the molecule is CC(C)C#C[C@@]1(n2cnc3c(N)ncnc32)O[C@H](CO)[C@@H](O)[C@H]1O. The van der Waals surface area contributed by atoms with Gasteiger partial charge in [0.2, 0.25) is 5.72 Å². The number of imidazole rings is 1. The minimum Gasteiger partial charge on any atom is -0.394 e. The van der Waals surface area contributed by atoms with Gasteiger partial charge in [-0.05, 0) is 5.92 Å². The van der Waals surface area contributed by atoms with Crippen LogP contribution in [-0.4, -0.2) is 59.8 Å². The van der Waals surface area contributed by atoms with Crippen molar-refractivity contribution in [1.82, 2.24) is 19.5 Å². The number of hydrogen-bond donors (Lipinski definition) is 4. The van der Waals surface area contributed by atoms with E-state index in [1.807, 2.05) is 13.8 Å². The molecule has 0 aromatic carbocycles. The van der Waals surface area contributed by atoms with Crippen LogP contribution in [-0.2, 0) is 10.5 Å². The van der Waals surface area contributed by atoms with Crippen LogP contribution in [0.5, 0.6) is 0 Å². The monoisotopic (exact) mass is 333 g/mol. The third-order valence-electron chi connectivity index (χ3n) is 3.88. The minimum atomic E-state index is -1.63. The maximum absolute atomic E-state index is 10.6. The average molecular weight is 333 g/mol. The number of anilines is 1. The van der Waals surface area contributed by atoms with Gasteiger partial charge in [0, 0.05) is 5.92 Å². The van der Waals surface area contributed by atoms with E-state index in [0.717, 1.165) is 0 Å². The van der Waals surface area contributed by atoms with Gasteiger partial charge in [0.25, 0.3) is 0 Å². The summed E-state index contributed by atoms with van der Waals surface area (Å²) in [7, 11) is 0. The van der Waals surface area contributed by atoms with Gasteiger partial charge < -0.3 is 25.8 Å². The van der Waals surface area contributed by atoms with E-state index in [-0.39, 0.29) is 11.7 Å². The lowest BCUT2D eigenvalue weighted by Gasteiger charge is -2.28. The molecule has 3 rings (SSSR count). The highest BCUT2D eigenvalue weighted by molar-refractivity contribution is 5.81. The zero-order chi connectivity index (χ0) is 17.5. The summed E-state index contributed by atoms with van der Waals surface area (Å²) in [5.41, 5.74) is 4.81. The number of nitrogens with zero attached hydrogens (tertiary/aromatic N) is 4. The molecule has 2 aromatic rings. The summed E-state index contributed by atoms with van der Waals surface area (Å²) < 4.78 is 7.18.